The standard InChI is InChI=1S/C7H10IN/c1-4-5-9(3)6-7(2)8/h1H,2,5-6H2,3H3. The van der Waals surface area contributed by atoms with E-state index in [1.54, 1.807) is 0 Å². The first-order valence-electron chi connectivity index (χ1n) is 2.62. The highest BCUT2D eigenvalue weighted by atomic mass is 127. The Bertz CT molecular complexity index is 134. The van der Waals surface area contributed by atoms with Crippen LogP contribution in [0, 0.1) is 12.3 Å². The molecule has 0 aliphatic rings. The molecular formula is C7H10IN. The van der Waals surface area contributed by atoms with E-state index in [4.69, 9.17) is 6.42 Å². The molecular weight excluding hydrogens is 225 g/mol. The van der Waals surface area contributed by atoms with Crippen LogP contribution in [0.5, 0.6) is 0 Å². The van der Waals surface area contributed by atoms with E-state index in [1.807, 2.05) is 11.9 Å². The molecule has 0 rings (SSSR count). The zero-order valence-electron chi connectivity index (χ0n) is 5.52. The summed E-state index contributed by atoms with van der Waals surface area (Å²) in [6.07, 6.45) is 5.08. The topological polar surface area (TPSA) is 3.24 Å². The Morgan fingerprint density at radius 2 is 2.44 bits per heavy atom. The Kier molecular flexibility index (Phi) is 4.83. The van der Waals surface area contributed by atoms with E-state index in [0.717, 1.165) is 10.1 Å². The predicted octanol–water partition coefficient (Wildman–Crippen LogP) is 1.50. The first kappa shape index (κ1) is 8.99. The van der Waals surface area contributed by atoms with Crippen molar-refractivity contribution >= 4 is 22.6 Å². The summed E-state index contributed by atoms with van der Waals surface area (Å²) in [7, 11) is 1.98. The lowest BCUT2D eigenvalue weighted by Crippen LogP contribution is -2.19. The van der Waals surface area contributed by atoms with Crippen LogP contribution in [0.3, 0.4) is 0 Å². The number of hydrogen-bond acceptors (Lipinski definition) is 1. The van der Waals surface area contributed by atoms with Gasteiger partial charge in [0.2, 0.25) is 0 Å². The fourth-order valence-corrected chi connectivity index (χ4v) is 1.09. The predicted molar refractivity (Wildman–Crippen MR) is 49.5 cm³/mol. The normalized spacial score (nSPS) is 9.11. The lowest BCUT2D eigenvalue weighted by molar-refractivity contribution is 0.418. The van der Waals surface area contributed by atoms with Gasteiger partial charge < -0.3 is 0 Å². The smallest absolute Gasteiger partial charge is 0.0599 e. The van der Waals surface area contributed by atoms with Gasteiger partial charge in [-0.25, -0.2) is 0 Å². The molecule has 0 aromatic rings. The molecule has 0 spiro atoms. The molecule has 0 saturated carbocycles. The highest BCUT2D eigenvalue weighted by Crippen LogP contribution is 2.01. The third kappa shape index (κ3) is 5.87. The SMILES string of the molecule is C#CCN(C)CC(=C)I. The largest absolute Gasteiger partial charge is 0.291 e. The molecule has 0 saturated heterocycles. The summed E-state index contributed by atoms with van der Waals surface area (Å²) in [6, 6.07) is 0. The Morgan fingerprint density at radius 1 is 1.89 bits per heavy atom. The molecule has 2 heteroatoms. The molecule has 9 heavy (non-hydrogen) atoms. The quantitative estimate of drug-likeness (QED) is 0.529. The molecule has 0 fully saturated rings. The van der Waals surface area contributed by atoms with Crippen LogP contribution >= 0.6 is 22.6 Å². The molecule has 0 amide bonds. The van der Waals surface area contributed by atoms with Crippen LogP contribution in [-0.4, -0.2) is 25.0 Å². The summed E-state index contributed by atoms with van der Waals surface area (Å²) >= 11 is 2.19. The number of hydrogen-bond donors (Lipinski definition) is 0. The van der Waals surface area contributed by atoms with Gasteiger partial charge in [0, 0.05) is 6.54 Å². The second-order valence-electron chi connectivity index (χ2n) is 1.89. The number of terminal acetylenes is 1. The van der Waals surface area contributed by atoms with Crippen molar-refractivity contribution in [2.45, 2.75) is 0 Å². The summed E-state index contributed by atoms with van der Waals surface area (Å²) in [5.41, 5.74) is 0. The van der Waals surface area contributed by atoms with Gasteiger partial charge in [0.1, 0.15) is 0 Å². The average Bonchev–Trinajstić information content (AvgIpc) is 1.63. The van der Waals surface area contributed by atoms with E-state index in [2.05, 4.69) is 35.1 Å². The average molecular weight is 235 g/mol. The van der Waals surface area contributed by atoms with Gasteiger partial charge in [-0.2, -0.15) is 0 Å². The van der Waals surface area contributed by atoms with Gasteiger partial charge in [-0.3, -0.25) is 4.90 Å². The monoisotopic (exact) mass is 235 g/mol. The number of rotatable bonds is 3. The lowest BCUT2D eigenvalue weighted by atomic mass is 10.5. The molecule has 0 bridgehead atoms. The van der Waals surface area contributed by atoms with E-state index in [-0.39, 0.29) is 0 Å². The molecule has 0 unspecified atom stereocenters. The van der Waals surface area contributed by atoms with Crippen LogP contribution in [0.4, 0.5) is 0 Å². The molecule has 0 aliphatic carbocycles. The maximum Gasteiger partial charge on any atom is 0.0599 e. The molecule has 0 radical (unpaired) electrons. The van der Waals surface area contributed by atoms with Gasteiger partial charge in [0.15, 0.2) is 0 Å². The molecule has 0 heterocycles. The van der Waals surface area contributed by atoms with Crippen LogP contribution in [-0.2, 0) is 0 Å². The second kappa shape index (κ2) is 4.83. The van der Waals surface area contributed by atoms with Crippen molar-refractivity contribution < 1.29 is 0 Å². The zero-order valence-corrected chi connectivity index (χ0v) is 7.68. The minimum absolute atomic E-state index is 0.696. The van der Waals surface area contributed by atoms with Crippen molar-refractivity contribution in [3.05, 3.63) is 10.2 Å². The highest BCUT2D eigenvalue weighted by molar-refractivity contribution is 14.1. The van der Waals surface area contributed by atoms with E-state index in [1.165, 1.54) is 0 Å². The summed E-state index contributed by atoms with van der Waals surface area (Å²) in [6.45, 7) is 5.33. The van der Waals surface area contributed by atoms with Crippen molar-refractivity contribution in [1.29, 1.82) is 0 Å². The van der Waals surface area contributed by atoms with Gasteiger partial charge >= 0.3 is 0 Å². The van der Waals surface area contributed by atoms with Gasteiger partial charge in [-0.05, 0) is 33.2 Å². The summed E-state index contributed by atoms with van der Waals surface area (Å²) in [5.74, 6) is 2.55. The third-order valence-electron chi connectivity index (χ3n) is 0.803. The molecule has 0 aromatic carbocycles. The Hall–Kier alpha value is -0.0100. The highest BCUT2D eigenvalue weighted by Gasteiger charge is 1.93. The third-order valence-corrected chi connectivity index (χ3v) is 1.14. The Labute approximate surface area is 70.3 Å². The summed E-state index contributed by atoms with van der Waals surface area (Å²) < 4.78 is 1.12. The summed E-state index contributed by atoms with van der Waals surface area (Å²) in [5, 5.41) is 0. The van der Waals surface area contributed by atoms with Crippen LogP contribution in [0.2, 0.25) is 0 Å². The van der Waals surface area contributed by atoms with Crippen LogP contribution in [0.15, 0.2) is 10.2 Å². The van der Waals surface area contributed by atoms with Crippen LogP contribution in [0.25, 0.3) is 0 Å². The maximum atomic E-state index is 5.08. The van der Waals surface area contributed by atoms with E-state index < -0.39 is 0 Å². The fourth-order valence-electron chi connectivity index (χ4n) is 0.505. The van der Waals surface area contributed by atoms with Crippen molar-refractivity contribution in [1.82, 2.24) is 4.90 Å². The van der Waals surface area contributed by atoms with Gasteiger partial charge in [0.25, 0.3) is 0 Å². The lowest BCUT2D eigenvalue weighted by Gasteiger charge is -2.10. The van der Waals surface area contributed by atoms with Gasteiger partial charge in [0.05, 0.1) is 6.54 Å². The molecule has 50 valence electrons. The van der Waals surface area contributed by atoms with Gasteiger partial charge in [-0.15, -0.1) is 6.42 Å². The Balaban J connectivity index is 3.40. The van der Waals surface area contributed by atoms with Crippen molar-refractivity contribution in [3.8, 4) is 12.3 Å². The molecule has 1 nitrogen and oxygen atoms in total. The second-order valence-corrected chi connectivity index (χ2v) is 3.42. The van der Waals surface area contributed by atoms with Crippen LogP contribution in [0.1, 0.15) is 0 Å². The number of nitrogens with zero attached hydrogens (tertiary/aromatic N) is 1. The summed E-state index contributed by atoms with van der Waals surface area (Å²) in [4.78, 5) is 2.04. The first-order valence-corrected chi connectivity index (χ1v) is 3.70. The number of likely N-dealkylation sites (N-methyl/N-ethyl adjacent to an activating group) is 1. The minimum atomic E-state index is 0.696. The van der Waals surface area contributed by atoms with Crippen LogP contribution < -0.4 is 0 Å². The fraction of sp³-hybridized carbons (Fsp3) is 0.429. The molecule has 0 N–H and O–H groups in total. The van der Waals surface area contributed by atoms with E-state index in [0.29, 0.717) is 6.54 Å². The molecule has 0 aliphatic heterocycles. The van der Waals surface area contributed by atoms with E-state index >= 15 is 0 Å². The Morgan fingerprint density at radius 3 is 2.78 bits per heavy atom. The molecule has 0 aromatic heterocycles. The minimum Gasteiger partial charge on any atom is -0.291 e. The van der Waals surface area contributed by atoms with Gasteiger partial charge in [-0.1, -0.05) is 12.5 Å². The molecule has 0 atom stereocenters. The van der Waals surface area contributed by atoms with Crippen molar-refractivity contribution in [2.75, 3.05) is 20.1 Å². The van der Waals surface area contributed by atoms with Crippen molar-refractivity contribution in [2.24, 2.45) is 0 Å². The zero-order chi connectivity index (χ0) is 7.28. The number of halogens is 1. The first-order chi connectivity index (χ1) is 4.16. The van der Waals surface area contributed by atoms with Crippen molar-refractivity contribution in [3.63, 3.8) is 0 Å². The van der Waals surface area contributed by atoms with E-state index in [9.17, 15) is 0 Å². The maximum absolute atomic E-state index is 5.08.